The molecule has 0 saturated carbocycles. The molecular formula is C20H19Cl2N3O3. The van der Waals surface area contributed by atoms with Gasteiger partial charge in [-0.05, 0) is 54.8 Å². The highest BCUT2D eigenvalue weighted by Gasteiger charge is 2.24. The first-order chi connectivity index (χ1) is 13.4. The van der Waals surface area contributed by atoms with Crippen LogP contribution in [0, 0.1) is 0 Å². The lowest BCUT2D eigenvalue weighted by molar-refractivity contribution is -0.131. The summed E-state index contributed by atoms with van der Waals surface area (Å²) in [5.74, 6) is -0.476. The van der Waals surface area contributed by atoms with Crippen LogP contribution in [-0.2, 0) is 4.79 Å². The Morgan fingerprint density at radius 1 is 1.18 bits per heavy atom. The highest BCUT2D eigenvalue weighted by atomic mass is 35.5. The first-order valence-electron chi connectivity index (χ1n) is 8.80. The molecule has 1 aliphatic rings. The average molecular weight is 420 g/mol. The summed E-state index contributed by atoms with van der Waals surface area (Å²) in [5, 5.41) is 13.0. The fourth-order valence-electron chi connectivity index (χ4n) is 3.01. The lowest BCUT2D eigenvalue weighted by Crippen LogP contribution is -2.42. The predicted octanol–water partition coefficient (Wildman–Crippen LogP) is 4.20. The Morgan fingerprint density at radius 3 is 2.46 bits per heavy atom. The molecule has 0 unspecified atom stereocenters. The third-order valence-electron chi connectivity index (χ3n) is 4.49. The van der Waals surface area contributed by atoms with Crippen LogP contribution >= 0.6 is 23.2 Å². The van der Waals surface area contributed by atoms with Crippen molar-refractivity contribution in [2.75, 3.05) is 18.4 Å². The quantitative estimate of drug-likeness (QED) is 0.709. The van der Waals surface area contributed by atoms with E-state index in [0.29, 0.717) is 40.1 Å². The number of amides is 1. The molecule has 2 N–H and O–H groups in total. The number of carboxylic acid groups (broad SMARTS) is 1. The van der Waals surface area contributed by atoms with Gasteiger partial charge < -0.3 is 15.3 Å². The number of benzene rings is 1. The molecule has 146 valence electrons. The van der Waals surface area contributed by atoms with Crippen LogP contribution in [-0.4, -0.2) is 46.0 Å². The van der Waals surface area contributed by atoms with Gasteiger partial charge in [-0.3, -0.25) is 4.79 Å². The third kappa shape index (κ3) is 5.24. The molecule has 0 radical (unpaired) electrons. The molecule has 1 saturated heterocycles. The molecule has 0 bridgehead atoms. The molecule has 0 atom stereocenters. The van der Waals surface area contributed by atoms with Crippen LogP contribution in [0.4, 0.5) is 5.82 Å². The largest absolute Gasteiger partial charge is 0.478 e. The zero-order chi connectivity index (χ0) is 20.1. The van der Waals surface area contributed by atoms with Gasteiger partial charge in [0.15, 0.2) is 0 Å². The summed E-state index contributed by atoms with van der Waals surface area (Å²) in [4.78, 5) is 29.2. The normalized spacial score (nSPS) is 15.0. The Hall–Kier alpha value is -2.57. The van der Waals surface area contributed by atoms with E-state index in [1.165, 1.54) is 6.08 Å². The van der Waals surface area contributed by atoms with Crippen LogP contribution < -0.4 is 5.32 Å². The lowest BCUT2D eigenvalue weighted by atomic mass is 10.0. The van der Waals surface area contributed by atoms with E-state index in [-0.39, 0.29) is 11.9 Å². The van der Waals surface area contributed by atoms with E-state index < -0.39 is 5.97 Å². The monoisotopic (exact) mass is 419 g/mol. The topological polar surface area (TPSA) is 82.5 Å². The molecule has 6 nitrogen and oxygen atoms in total. The highest BCUT2D eigenvalue weighted by molar-refractivity contribution is 6.33. The van der Waals surface area contributed by atoms with Gasteiger partial charge in [-0.15, -0.1) is 0 Å². The van der Waals surface area contributed by atoms with Gasteiger partial charge in [0, 0.05) is 42.0 Å². The number of anilines is 1. The molecule has 2 heterocycles. The van der Waals surface area contributed by atoms with Crippen molar-refractivity contribution < 1.29 is 14.7 Å². The minimum absolute atomic E-state index is 0.000782. The number of piperidine rings is 1. The van der Waals surface area contributed by atoms with E-state index in [1.54, 1.807) is 36.5 Å². The SMILES string of the molecule is O=C(O)/C=C/c1cnc(NC2CCN(C(=O)c3ccc(Cl)cc3)CC2)c(Cl)c1. The number of halogens is 2. The third-order valence-corrected chi connectivity index (χ3v) is 5.03. The minimum atomic E-state index is -1.03. The summed E-state index contributed by atoms with van der Waals surface area (Å²) in [6.07, 6.45) is 5.59. The maximum atomic E-state index is 12.6. The van der Waals surface area contributed by atoms with E-state index in [0.717, 1.165) is 18.9 Å². The number of aromatic nitrogens is 1. The van der Waals surface area contributed by atoms with Crippen molar-refractivity contribution in [2.45, 2.75) is 18.9 Å². The van der Waals surface area contributed by atoms with Gasteiger partial charge >= 0.3 is 5.97 Å². The molecule has 1 aromatic heterocycles. The number of carbonyl (C=O) groups excluding carboxylic acids is 1. The molecule has 0 aliphatic carbocycles. The van der Waals surface area contributed by atoms with Gasteiger partial charge in [0.05, 0.1) is 5.02 Å². The molecule has 1 aliphatic heterocycles. The van der Waals surface area contributed by atoms with Crippen molar-refractivity contribution in [3.63, 3.8) is 0 Å². The Labute approximate surface area is 172 Å². The van der Waals surface area contributed by atoms with E-state index in [1.807, 2.05) is 4.90 Å². The zero-order valence-corrected chi connectivity index (χ0v) is 16.5. The van der Waals surface area contributed by atoms with Gasteiger partial charge in [-0.2, -0.15) is 0 Å². The average Bonchev–Trinajstić information content (AvgIpc) is 2.69. The number of nitrogens with zero attached hydrogens (tertiary/aromatic N) is 2. The van der Waals surface area contributed by atoms with E-state index >= 15 is 0 Å². The standard InChI is InChI=1S/C20H19Cl2N3O3/c21-15-4-2-14(3-5-15)20(28)25-9-7-16(8-10-25)24-19-17(22)11-13(12-23-19)1-6-18(26)27/h1-6,11-12,16H,7-10H2,(H,23,24)(H,26,27)/b6-1+. The first-order valence-corrected chi connectivity index (χ1v) is 9.56. The summed E-state index contributed by atoms with van der Waals surface area (Å²) in [7, 11) is 0. The van der Waals surface area contributed by atoms with Crippen LogP contribution in [0.3, 0.4) is 0 Å². The predicted molar refractivity (Wildman–Crippen MR) is 110 cm³/mol. The molecule has 0 spiro atoms. The molecule has 28 heavy (non-hydrogen) atoms. The highest BCUT2D eigenvalue weighted by Crippen LogP contribution is 2.24. The summed E-state index contributed by atoms with van der Waals surface area (Å²) >= 11 is 12.1. The molecule has 1 amide bonds. The Kier molecular flexibility index (Phi) is 6.54. The maximum Gasteiger partial charge on any atom is 0.328 e. The van der Waals surface area contributed by atoms with Crippen molar-refractivity contribution in [1.82, 2.24) is 9.88 Å². The fraction of sp³-hybridized carbons (Fsp3) is 0.250. The molecule has 8 heteroatoms. The van der Waals surface area contributed by atoms with Crippen molar-refractivity contribution >= 4 is 47.0 Å². The van der Waals surface area contributed by atoms with Gasteiger partial charge in [0.1, 0.15) is 5.82 Å². The number of carbonyl (C=O) groups is 2. The Balaban J connectivity index is 1.56. The lowest BCUT2D eigenvalue weighted by Gasteiger charge is -2.33. The number of hydrogen-bond acceptors (Lipinski definition) is 4. The molecule has 1 aromatic carbocycles. The fourth-order valence-corrected chi connectivity index (χ4v) is 3.37. The smallest absolute Gasteiger partial charge is 0.328 e. The maximum absolute atomic E-state index is 12.6. The molecular weight excluding hydrogens is 401 g/mol. The van der Waals surface area contributed by atoms with E-state index in [2.05, 4.69) is 10.3 Å². The minimum Gasteiger partial charge on any atom is -0.478 e. The molecule has 3 rings (SSSR count). The number of likely N-dealkylation sites (tertiary alicyclic amines) is 1. The van der Waals surface area contributed by atoms with Gasteiger partial charge in [0.2, 0.25) is 0 Å². The van der Waals surface area contributed by atoms with Gasteiger partial charge in [0.25, 0.3) is 5.91 Å². The number of pyridine rings is 1. The van der Waals surface area contributed by atoms with Crippen LogP contribution in [0.15, 0.2) is 42.6 Å². The van der Waals surface area contributed by atoms with Crippen LogP contribution in [0.1, 0.15) is 28.8 Å². The van der Waals surface area contributed by atoms with Crippen LogP contribution in [0.25, 0.3) is 6.08 Å². The van der Waals surface area contributed by atoms with Crippen molar-refractivity contribution in [2.24, 2.45) is 0 Å². The Morgan fingerprint density at radius 2 is 1.86 bits per heavy atom. The Bertz CT molecular complexity index is 892. The molecule has 1 fully saturated rings. The summed E-state index contributed by atoms with van der Waals surface area (Å²) in [6, 6.07) is 8.71. The van der Waals surface area contributed by atoms with Crippen LogP contribution in [0.5, 0.6) is 0 Å². The summed E-state index contributed by atoms with van der Waals surface area (Å²) in [5.41, 5.74) is 1.24. The number of carboxylic acids is 1. The number of nitrogens with one attached hydrogen (secondary N) is 1. The van der Waals surface area contributed by atoms with E-state index in [4.69, 9.17) is 28.3 Å². The van der Waals surface area contributed by atoms with E-state index in [9.17, 15) is 9.59 Å². The van der Waals surface area contributed by atoms with Crippen molar-refractivity contribution in [3.8, 4) is 0 Å². The van der Waals surface area contributed by atoms with Crippen molar-refractivity contribution in [1.29, 1.82) is 0 Å². The van der Waals surface area contributed by atoms with Crippen molar-refractivity contribution in [3.05, 3.63) is 63.8 Å². The molecule has 2 aromatic rings. The summed E-state index contributed by atoms with van der Waals surface area (Å²) < 4.78 is 0. The first kappa shape index (κ1) is 20.2. The number of aliphatic carboxylic acids is 1. The van der Waals surface area contributed by atoms with Gasteiger partial charge in [-0.1, -0.05) is 23.2 Å². The zero-order valence-electron chi connectivity index (χ0n) is 14.9. The second kappa shape index (κ2) is 9.08. The second-order valence-corrected chi connectivity index (χ2v) is 7.33. The summed E-state index contributed by atoms with van der Waals surface area (Å²) in [6.45, 7) is 1.27. The van der Waals surface area contributed by atoms with Gasteiger partial charge in [-0.25, -0.2) is 9.78 Å². The van der Waals surface area contributed by atoms with Crippen LogP contribution in [0.2, 0.25) is 10.0 Å². The number of hydrogen-bond donors (Lipinski definition) is 2. The second-order valence-electron chi connectivity index (χ2n) is 6.49. The number of rotatable bonds is 5.